The Morgan fingerprint density at radius 2 is 2.07 bits per heavy atom. The summed E-state index contributed by atoms with van der Waals surface area (Å²) in [5.74, 6) is -1.02. The molecule has 0 bridgehead atoms. The Kier molecular flexibility index (Phi) is 3.48. The van der Waals surface area contributed by atoms with Gasteiger partial charge in [0.05, 0.1) is 6.07 Å². The summed E-state index contributed by atoms with van der Waals surface area (Å²) in [4.78, 5) is 12.9. The summed E-state index contributed by atoms with van der Waals surface area (Å²) < 4.78 is 0. The molecule has 4 heteroatoms. The molecule has 0 saturated carbocycles. The highest BCUT2D eigenvalue weighted by Crippen LogP contribution is 2.20. The lowest BCUT2D eigenvalue weighted by molar-refractivity contribution is -0.145. The van der Waals surface area contributed by atoms with Crippen molar-refractivity contribution in [1.82, 2.24) is 4.90 Å². The maximum Gasteiger partial charge on any atom is 0.325 e. The minimum Gasteiger partial charge on any atom is -0.480 e. The summed E-state index contributed by atoms with van der Waals surface area (Å²) in [6.07, 6.45) is 3.44. The van der Waals surface area contributed by atoms with Crippen molar-refractivity contribution < 1.29 is 9.90 Å². The van der Waals surface area contributed by atoms with Crippen LogP contribution in [0.25, 0.3) is 0 Å². The minimum absolute atomic E-state index is 0.346. The molecule has 4 nitrogen and oxygen atoms in total. The number of carboxylic acid groups (broad SMARTS) is 1. The molecule has 1 aliphatic heterocycles. The van der Waals surface area contributed by atoms with E-state index in [4.69, 9.17) is 10.4 Å². The van der Waals surface area contributed by atoms with Gasteiger partial charge in [-0.3, -0.25) is 4.79 Å². The summed E-state index contributed by atoms with van der Waals surface area (Å²) in [5, 5.41) is 17.7. The molecule has 0 radical (unpaired) electrons. The molecule has 1 fully saturated rings. The van der Waals surface area contributed by atoms with E-state index in [-0.39, 0.29) is 0 Å². The van der Waals surface area contributed by atoms with Crippen molar-refractivity contribution in [3.05, 3.63) is 0 Å². The first-order chi connectivity index (χ1) is 6.58. The van der Waals surface area contributed by atoms with E-state index in [1.165, 1.54) is 13.3 Å². The maximum absolute atomic E-state index is 10.9. The van der Waals surface area contributed by atoms with Gasteiger partial charge in [-0.05, 0) is 32.9 Å². The van der Waals surface area contributed by atoms with Crippen molar-refractivity contribution in [3.63, 3.8) is 0 Å². The SMILES string of the molecule is CC(C#N)(CN1CCCCC1)C(=O)O. The fourth-order valence-corrected chi connectivity index (χ4v) is 1.72. The van der Waals surface area contributed by atoms with Gasteiger partial charge in [0, 0.05) is 6.54 Å². The van der Waals surface area contributed by atoms with Crippen LogP contribution in [0, 0.1) is 16.7 Å². The Morgan fingerprint density at radius 1 is 1.50 bits per heavy atom. The highest BCUT2D eigenvalue weighted by molar-refractivity contribution is 5.77. The fourth-order valence-electron chi connectivity index (χ4n) is 1.72. The number of piperidine rings is 1. The van der Waals surface area contributed by atoms with Crippen LogP contribution in [0.3, 0.4) is 0 Å². The zero-order valence-corrected chi connectivity index (χ0v) is 8.49. The molecule has 14 heavy (non-hydrogen) atoms. The molecule has 0 aromatic heterocycles. The van der Waals surface area contributed by atoms with Crippen molar-refractivity contribution in [3.8, 4) is 6.07 Å². The molecule has 1 N–H and O–H groups in total. The van der Waals surface area contributed by atoms with Gasteiger partial charge in [0.1, 0.15) is 0 Å². The third-order valence-corrected chi connectivity index (χ3v) is 2.71. The third-order valence-electron chi connectivity index (χ3n) is 2.71. The second kappa shape index (κ2) is 4.43. The highest BCUT2D eigenvalue weighted by Gasteiger charge is 2.35. The first-order valence-electron chi connectivity index (χ1n) is 4.95. The van der Waals surface area contributed by atoms with Crippen LogP contribution in [-0.2, 0) is 4.79 Å². The predicted molar refractivity (Wildman–Crippen MR) is 51.6 cm³/mol. The van der Waals surface area contributed by atoms with Crippen LogP contribution in [0.1, 0.15) is 26.2 Å². The number of carbonyl (C=O) groups is 1. The fraction of sp³-hybridized carbons (Fsp3) is 0.800. The summed E-state index contributed by atoms with van der Waals surface area (Å²) in [5.41, 5.74) is -1.25. The largest absolute Gasteiger partial charge is 0.480 e. The van der Waals surface area contributed by atoms with Gasteiger partial charge in [-0.15, -0.1) is 0 Å². The molecule has 78 valence electrons. The van der Waals surface area contributed by atoms with E-state index >= 15 is 0 Å². The van der Waals surface area contributed by atoms with Gasteiger partial charge < -0.3 is 10.0 Å². The number of hydrogen-bond donors (Lipinski definition) is 1. The van der Waals surface area contributed by atoms with Gasteiger partial charge in [-0.1, -0.05) is 6.42 Å². The number of carboxylic acids is 1. The van der Waals surface area contributed by atoms with Gasteiger partial charge in [0.2, 0.25) is 0 Å². The molecule has 1 unspecified atom stereocenters. The molecule has 1 heterocycles. The van der Waals surface area contributed by atoms with Gasteiger partial charge in [-0.2, -0.15) is 5.26 Å². The third kappa shape index (κ3) is 2.46. The second-order valence-corrected chi connectivity index (χ2v) is 4.09. The standard InChI is InChI=1S/C10H16N2O2/c1-10(7-11,9(13)14)8-12-5-3-2-4-6-12/h2-6,8H2,1H3,(H,13,14). The Balaban J connectivity index is 2.56. The minimum atomic E-state index is -1.25. The van der Waals surface area contributed by atoms with Crippen molar-refractivity contribution in [1.29, 1.82) is 5.26 Å². The van der Waals surface area contributed by atoms with Crippen LogP contribution < -0.4 is 0 Å². The van der Waals surface area contributed by atoms with Gasteiger partial charge in [0.15, 0.2) is 5.41 Å². The molecule has 0 spiro atoms. The lowest BCUT2D eigenvalue weighted by Gasteiger charge is -2.30. The summed E-state index contributed by atoms with van der Waals surface area (Å²) in [6, 6.07) is 1.88. The number of nitriles is 1. The van der Waals surface area contributed by atoms with E-state index in [1.54, 1.807) is 0 Å². The van der Waals surface area contributed by atoms with E-state index < -0.39 is 11.4 Å². The van der Waals surface area contributed by atoms with E-state index in [0.717, 1.165) is 25.9 Å². The van der Waals surface area contributed by atoms with Gasteiger partial charge in [-0.25, -0.2) is 0 Å². The van der Waals surface area contributed by atoms with Crippen LogP contribution in [0.4, 0.5) is 0 Å². The molecule has 1 rings (SSSR count). The zero-order chi connectivity index (χ0) is 10.6. The Morgan fingerprint density at radius 3 is 2.50 bits per heavy atom. The Hall–Kier alpha value is -1.08. The van der Waals surface area contributed by atoms with Crippen molar-refractivity contribution in [2.24, 2.45) is 5.41 Å². The van der Waals surface area contributed by atoms with E-state index in [9.17, 15) is 4.79 Å². The van der Waals surface area contributed by atoms with Crippen LogP contribution in [0.15, 0.2) is 0 Å². The van der Waals surface area contributed by atoms with Crippen molar-refractivity contribution in [2.75, 3.05) is 19.6 Å². The highest BCUT2D eigenvalue weighted by atomic mass is 16.4. The summed E-state index contributed by atoms with van der Waals surface area (Å²) in [7, 11) is 0. The van der Waals surface area contributed by atoms with E-state index in [0.29, 0.717) is 6.54 Å². The van der Waals surface area contributed by atoms with Gasteiger partial charge >= 0.3 is 5.97 Å². The zero-order valence-electron chi connectivity index (χ0n) is 8.49. The number of likely N-dealkylation sites (tertiary alicyclic amines) is 1. The Bertz CT molecular complexity index is 253. The Labute approximate surface area is 84.1 Å². The normalized spacial score (nSPS) is 22.3. The smallest absolute Gasteiger partial charge is 0.325 e. The molecule has 1 saturated heterocycles. The molecule has 0 aromatic rings. The van der Waals surface area contributed by atoms with E-state index in [2.05, 4.69) is 4.90 Å². The molecule has 0 amide bonds. The molecule has 1 aliphatic rings. The van der Waals surface area contributed by atoms with Crippen LogP contribution in [0.2, 0.25) is 0 Å². The lowest BCUT2D eigenvalue weighted by Crippen LogP contribution is -2.42. The monoisotopic (exact) mass is 196 g/mol. The van der Waals surface area contributed by atoms with Gasteiger partial charge in [0.25, 0.3) is 0 Å². The topological polar surface area (TPSA) is 64.3 Å². The molecule has 0 aliphatic carbocycles. The number of hydrogen-bond acceptors (Lipinski definition) is 3. The quantitative estimate of drug-likeness (QED) is 0.733. The second-order valence-electron chi connectivity index (χ2n) is 4.09. The maximum atomic E-state index is 10.9. The first-order valence-corrected chi connectivity index (χ1v) is 4.95. The first kappa shape index (κ1) is 11.0. The number of nitrogens with zero attached hydrogens (tertiary/aromatic N) is 2. The van der Waals surface area contributed by atoms with Crippen molar-refractivity contribution >= 4 is 5.97 Å². The van der Waals surface area contributed by atoms with Crippen LogP contribution in [0.5, 0.6) is 0 Å². The predicted octanol–water partition coefficient (Wildman–Crippen LogP) is 1.09. The summed E-state index contributed by atoms with van der Waals surface area (Å²) >= 11 is 0. The molecular formula is C10H16N2O2. The van der Waals surface area contributed by atoms with Crippen LogP contribution >= 0.6 is 0 Å². The number of aliphatic carboxylic acids is 1. The average molecular weight is 196 g/mol. The van der Waals surface area contributed by atoms with Crippen LogP contribution in [-0.4, -0.2) is 35.6 Å². The molecule has 0 aromatic carbocycles. The summed E-state index contributed by atoms with van der Waals surface area (Å²) in [6.45, 7) is 3.68. The number of rotatable bonds is 3. The average Bonchev–Trinajstić information content (AvgIpc) is 2.19. The molecule has 1 atom stereocenters. The molecular weight excluding hydrogens is 180 g/mol. The lowest BCUT2D eigenvalue weighted by atomic mass is 9.91. The van der Waals surface area contributed by atoms with E-state index in [1.807, 2.05) is 6.07 Å². The van der Waals surface area contributed by atoms with Crippen molar-refractivity contribution in [2.45, 2.75) is 26.2 Å².